The maximum Gasteiger partial charge on any atom is 0.231 e. The van der Waals surface area contributed by atoms with Crippen molar-refractivity contribution in [2.45, 2.75) is 12.6 Å². The predicted octanol–water partition coefficient (Wildman–Crippen LogP) is 4.17. The van der Waals surface area contributed by atoms with Gasteiger partial charge in [0.25, 0.3) is 0 Å². The number of fused-ring (bicyclic) bond motifs is 2. The standard InChI is InChI=1S/C26H21N7O/c34-23(15-18-16-30-22-8-2-4-13-33(18)22)32-21-14-17(9-12-28-21)25-24(19-6-1-3-10-27-19)26-20(31-25)7-5-11-29-26/h1-14,16,22,30-31H,15H2,(H,28,32,34). The van der Waals surface area contributed by atoms with E-state index in [1.54, 1.807) is 18.6 Å². The molecule has 4 aromatic rings. The van der Waals surface area contributed by atoms with E-state index in [0.29, 0.717) is 5.82 Å². The highest BCUT2D eigenvalue weighted by Gasteiger charge is 2.25. The lowest BCUT2D eigenvalue weighted by Crippen LogP contribution is -2.33. The van der Waals surface area contributed by atoms with E-state index in [1.165, 1.54) is 0 Å². The Labute approximate surface area is 195 Å². The monoisotopic (exact) mass is 447 g/mol. The molecular formula is C26H21N7O. The SMILES string of the molecule is O=C(CC1=CNC2C=CC=CN12)Nc1cc(-c2[nH]c3cccnc3c2-c2ccccn2)ccn1. The molecule has 6 rings (SSSR count). The summed E-state index contributed by atoms with van der Waals surface area (Å²) in [6.45, 7) is 0. The Kier molecular flexibility index (Phi) is 4.88. The molecule has 0 aromatic carbocycles. The average molecular weight is 448 g/mol. The number of aromatic amines is 1. The van der Waals surface area contributed by atoms with E-state index in [-0.39, 0.29) is 18.5 Å². The van der Waals surface area contributed by atoms with Crippen LogP contribution in [0, 0.1) is 0 Å². The van der Waals surface area contributed by atoms with Gasteiger partial charge in [-0.05, 0) is 48.6 Å². The highest BCUT2D eigenvalue weighted by Crippen LogP contribution is 2.36. The quantitative estimate of drug-likeness (QED) is 0.425. The van der Waals surface area contributed by atoms with Gasteiger partial charge in [-0.2, -0.15) is 0 Å². The predicted molar refractivity (Wildman–Crippen MR) is 131 cm³/mol. The first-order valence-corrected chi connectivity index (χ1v) is 11.0. The van der Waals surface area contributed by atoms with Gasteiger partial charge in [-0.3, -0.25) is 14.8 Å². The molecule has 0 radical (unpaired) electrons. The number of allylic oxidation sites excluding steroid dienone is 2. The minimum absolute atomic E-state index is 0.0647. The van der Waals surface area contributed by atoms with Gasteiger partial charge in [-0.1, -0.05) is 12.1 Å². The zero-order valence-corrected chi connectivity index (χ0v) is 18.1. The summed E-state index contributed by atoms with van der Waals surface area (Å²) in [5.74, 6) is 0.350. The molecule has 0 fully saturated rings. The number of hydrogen-bond acceptors (Lipinski definition) is 6. The van der Waals surface area contributed by atoms with Crippen molar-refractivity contribution in [3.05, 3.63) is 97.4 Å². The van der Waals surface area contributed by atoms with Crippen LogP contribution in [-0.2, 0) is 4.79 Å². The number of pyridine rings is 3. The number of amides is 1. The van der Waals surface area contributed by atoms with Gasteiger partial charge >= 0.3 is 0 Å². The Morgan fingerprint density at radius 1 is 1.03 bits per heavy atom. The molecule has 1 unspecified atom stereocenters. The fourth-order valence-electron chi connectivity index (χ4n) is 4.31. The molecule has 1 atom stereocenters. The third kappa shape index (κ3) is 3.61. The van der Waals surface area contributed by atoms with E-state index < -0.39 is 0 Å². The number of aromatic nitrogens is 4. The Hall–Kier alpha value is -4.72. The number of nitrogens with zero attached hydrogens (tertiary/aromatic N) is 4. The van der Waals surface area contributed by atoms with Gasteiger partial charge in [0.2, 0.25) is 5.91 Å². The van der Waals surface area contributed by atoms with Gasteiger partial charge < -0.3 is 20.5 Å². The van der Waals surface area contributed by atoms with E-state index in [1.807, 2.05) is 78.0 Å². The summed E-state index contributed by atoms with van der Waals surface area (Å²) in [7, 11) is 0. The van der Waals surface area contributed by atoms with Crippen LogP contribution in [-0.4, -0.2) is 36.9 Å². The Balaban J connectivity index is 1.29. The molecule has 34 heavy (non-hydrogen) atoms. The molecule has 8 heteroatoms. The van der Waals surface area contributed by atoms with Crippen molar-refractivity contribution in [1.82, 2.24) is 30.2 Å². The summed E-state index contributed by atoms with van der Waals surface area (Å²) < 4.78 is 0. The minimum Gasteiger partial charge on any atom is -0.366 e. The highest BCUT2D eigenvalue weighted by atomic mass is 16.1. The highest BCUT2D eigenvalue weighted by molar-refractivity contribution is 6.01. The molecule has 0 saturated carbocycles. The summed E-state index contributed by atoms with van der Waals surface area (Å²) in [4.78, 5) is 31.8. The smallest absolute Gasteiger partial charge is 0.231 e. The number of H-pyrrole nitrogens is 1. The van der Waals surface area contributed by atoms with Gasteiger partial charge in [0.15, 0.2) is 0 Å². The lowest BCUT2D eigenvalue weighted by Gasteiger charge is -2.25. The van der Waals surface area contributed by atoms with E-state index >= 15 is 0 Å². The Bertz CT molecular complexity index is 1470. The maximum absolute atomic E-state index is 12.8. The molecule has 6 heterocycles. The van der Waals surface area contributed by atoms with Crippen LogP contribution in [0.25, 0.3) is 33.5 Å². The van der Waals surface area contributed by atoms with Crippen LogP contribution in [0.5, 0.6) is 0 Å². The number of rotatable bonds is 5. The molecule has 8 nitrogen and oxygen atoms in total. The zero-order valence-electron chi connectivity index (χ0n) is 18.1. The second kappa shape index (κ2) is 8.32. The van der Waals surface area contributed by atoms with Crippen LogP contribution >= 0.6 is 0 Å². The number of carbonyl (C=O) groups is 1. The van der Waals surface area contributed by atoms with E-state index in [0.717, 1.165) is 39.2 Å². The Morgan fingerprint density at radius 2 is 1.97 bits per heavy atom. The first-order valence-electron chi connectivity index (χ1n) is 11.0. The van der Waals surface area contributed by atoms with Crippen molar-refractivity contribution in [2.24, 2.45) is 0 Å². The summed E-state index contributed by atoms with van der Waals surface area (Å²) in [6, 6.07) is 13.5. The number of hydrogen-bond donors (Lipinski definition) is 3. The van der Waals surface area contributed by atoms with Gasteiger partial charge in [0.1, 0.15) is 12.0 Å². The average Bonchev–Trinajstić information content (AvgIpc) is 3.46. The number of carbonyl (C=O) groups excluding carboxylic acids is 1. The minimum atomic E-state index is -0.135. The van der Waals surface area contributed by atoms with E-state index in [9.17, 15) is 4.79 Å². The maximum atomic E-state index is 12.8. The largest absolute Gasteiger partial charge is 0.366 e. The van der Waals surface area contributed by atoms with Crippen LogP contribution in [0.15, 0.2) is 97.4 Å². The van der Waals surface area contributed by atoms with Crippen molar-refractivity contribution in [2.75, 3.05) is 5.32 Å². The molecule has 2 aliphatic rings. The molecule has 3 N–H and O–H groups in total. The van der Waals surface area contributed by atoms with Crippen LogP contribution < -0.4 is 10.6 Å². The molecule has 0 bridgehead atoms. The first-order chi connectivity index (χ1) is 16.8. The third-order valence-electron chi connectivity index (χ3n) is 5.84. The molecule has 2 aliphatic heterocycles. The van der Waals surface area contributed by atoms with E-state index in [2.05, 4.69) is 30.6 Å². The van der Waals surface area contributed by atoms with E-state index in [4.69, 9.17) is 0 Å². The lowest BCUT2D eigenvalue weighted by molar-refractivity contribution is -0.115. The molecular weight excluding hydrogens is 426 g/mol. The van der Waals surface area contributed by atoms with Crippen LogP contribution in [0.3, 0.4) is 0 Å². The topological polar surface area (TPSA) is 98.8 Å². The summed E-state index contributed by atoms with van der Waals surface area (Å²) >= 11 is 0. The number of nitrogens with one attached hydrogen (secondary N) is 3. The van der Waals surface area contributed by atoms with Crippen LogP contribution in [0.4, 0.5) is 5.82 Å². The van der Waals surface area contributed by atoms with Gasteiger partial charge in [0.05, 0.1) is 34.4 Å². The van der Waals surface area contributed by atoms with Crippen LogP contribution in [0.1, 0.15) is 6.42 Å². The Morgan fingerprint density at radius 3 is 2.88 bits per heavy atom. The van der Waals surface area contributed by atoms with Crippen molar-refractivity contribution < 1.29 is 4.79 Å². The summed E-state index contributed by atoms with van der Waals surface area (Å²) in [5, 5.41) is 6.19. The fraction of sp³-hybridized carbons (Fsp3) is 0.0769. The third-order valence-corrected chi connectivity index (χ3v) is 5.84. The molecule has 0 saturated heterocycles. The van der Waals surface area contributed by atoms with Gasteiger partial charge in [0, 0.05) is 42.3 Å². The second-order valence-electron chi connectivity index (χ2n) is 8.03. The normalized spacial score (nSPS) is 16.3. The van der Waals surface area contributed by atoms with Crippen LogP contribution in [0.2, 0.25) is 0 Å². The van der Waals surface area contributed by atoms with Crippen molar-refractivity contribution >= 4 is 22.8 Å². The fourth-order valence-corrected chi connectivity index (χ4v) is 4.31. The number of anilines is 1. The molecule has 0 aliphatic carbocycles. The lowest BCUT2D eigenvalue weighted by atomic mass is 10.0. The van der Waals surface area contributed by atoms with Crippen molar-refractivity contribution in [3.8, 4) is 22.5 Å². The first kappa shape index (κ1) is 19.9. The second-order valence-corrected chi connectivity index (χ2v) is 8.03. The molecule has 0 spiro atoms. The summed E-state index contributed by atoms with van der Waals surface area (Å²) in [5.41, 5.74) is 6.16. The van der Waals surface area contributed by atoms with Gasteiger partial charge in [-0.25, -0.2) is 4.98 Å². The van der Waals surface area contributed by atoms with Crippen molar-refractivity contribution in [3.63, 3.8) is 0 Å². The van der Waals surface area contributed by atoms with Gasteiger partial charge in [-0.15, -0.1) is 0 Å². The summed E-state index contributed by atoms with van der Waals surface area (Å²) in [6.07, 6.45) is 15.4. The molecule has 1 amide bonds. The zero-order chi connectivity index (χ0) is 22.9. The van der Waals surface area contributed by atoms with Crippen molar-refractivity contribution in [1.29, 1.82) is 0 Å². The molecule has 166 valence electrons. The molecule has 4 aromatic heterocycles.